The van der Waals surface area contributed by atoms with Gasteiger partial charge in [0.05, 0.1) is 22.3 Å². The first-order valence-corrected chi connectivity index (χ1v) is 5.26. The summed E-state index contributed by atoms with van der Waals surface area (Å²) in [6.07, 6.45) is 0. The quantitative estimate of drug-likeness (QED) is 0.640. The van der Waals surface area contributed by atoms with Crippen molar-refractivity contribution in [2.45, 2.75) is 0 Å². The summed E-state index contributed by atoms with van der Waals surface area (Å²) in [5.41, 5.74) is -3.01. The summed E-state index contributed by atoms with van der Waals surface area (Å²) in [5, 5.41) is 62.6. The molecule has 1 aliphatic carbocycles. The Balaban J connectivity index is 3.88. The van der Waals surface area contributed by atoms with Crippen LogP contribution in [0.5, 0.6) is 0 Å². The van der Waals surface area contributed by atoms with Gasteiger partial charge in [0, 0.05) is 0 Å². The van der Waals surface area contributed by atoms with Gasteiger partial charge < -0.3 is 0 Å². The smallest absolute Gasteiger partial charge is 0.169 e. The minimum absolute atomic E-state index is 0.340. The standard InChI is InChI=1S/C14N8/c15-1-8(2-16)13(7-21)22-14-11(5-19)9(3-17)10(4-18)12(14)6-20. The highest BCUT2D eigenvalue weighted by Gasteiger charge is 2.32. The lowest BCUT2D eigenvalue weighted by Crippen LogP contribution is -2.02. The molecule has 0 N–H and O–H groups in total. The Morgan fingerprint density at radius 1 is 0.591 bits per heavy atom. The van der Waals surface area contributed by atoms with E-state index in [1.54, 1.807) is 24.3 Å². The molecular formula is C14N8. The zero-order chi connectivity index (χ0) is 16.7. The third-order valence-electron chi connectivity index (χ3n) is 2.46. The summed E-state index contributed by atoms with van der Waals surface area (Å²) >= 11 is 0. The molecule has 0 aromatic heterocycles. The molecule has 0 unspecified atom stereocenters. The van der Waals surface area contributed by atoms with Gasteiger partial charge in [-0.25, -0.2) is 4.99 Å². The largest absolute Gasteiger partial charge is 0.233 e. The molecule has 0 amide bonds. The summed E-state index contributed by atoms with van der Waals surface area (Å²) in [4.78, 5) is 3.66. The first kappa shape index (κ1) is 15.4. The van der Waals surface area contributed by atoms with Crippen LogP contribution in [0.15, 0.2) is 38.6 Å². The van der Waals surface area contributed by atoms with E-state index in [0.29, 0.717) is 0 Å². The average molecular weight is 280 g/mol. The fourth-order valence-electron chi connectivity index (χ4n) is 1.54. The van der Waals surface area contributed by atoms with E-state index >= 15 is 0 Å². The Labute approximate surface area is 124 Å². The van der Waals surface area contributed by atoms with Gasteiger partial charge >= 0.3 is 0 Å². The molecule has 0 heterocycles. The minimum Gasteiger partial charge on any atom is -0.233 e. The van der Waals surface area contributed by atoms with E-state index in [4.69, 9.17) is 36.8 Å². The topological polar surface area (TPSA) is 179 Å². The van der Waals surface area contributed by atoms with Gasteiger partial charge in [-0.2, -0.15) is 36.8 Å². The molecule has 0 aromatic rings. The third kappa shape index (κ3) is 2.26. The molecule has 1 aliphatic rings. The lowest BCUT2D eigenvalue weighted by molar-refractivity contribution is 1.32. The monoisotopic (exact) mass is 280 g/mol. The van der Waals surface area contributed by atoms with Crippen LogP contribution in [0.3, 0.4) is 0 Å². The summed E-state index contributed by atoms with van der Waals surface area (Å²) in [6.45, 7) is 0. The second kappa shape index (κ2) is 6.48. The van der Waals surface area contributed by atoms with Crippen LogP contribution >= 0.6 is 0 Å². The normalized spacial score (nSPS) is 11.8. The molecule has 0 saturated heterocycles. The fraction of sp³-hybridized carbons (Fsp3) is 0. The van der Waals surface area contributed by atoms with Gasteiger partial charge in [0.15, 0.2) is 11.3 Å². The summed E-state index contributed by atoms with van der Waals surface area (Å²) < 4.78 is 0. The molecule has 22 heavy (non-hydrogen) atoms. The maximum atomic E-state index is 9.09. The van der Waals surface area contributed by atoms with Gasteiger partial charge in [-0.1, -0.05) is 0 Å². The number of hydrogen-bond donors (Lipinski definition) is 0. The predicted molar refractivity (Wildman–Crippen MR) is 67.8 cm³/mol. The van der Waals surface area contributed by atoms with Crippen molar-refractivity contribution in [3.8, 4) is 42.5 Å². The lowest BCUT2D eigenvalue weighted by Gasteiger charge is -1.97. The molecule has 0 spiro atoms. The summed E-state index contributed by atoms with van der Waals surface area (Å²) in [5.74, 6) is 0. The molecule has 0 radical (unpaired) electrons. The first-order valence-electron chi connectivity index (χ1n) is 5.26. The second-order valence-electron chi connectivity index (χ2n) is 3.47. The van der Waals surface area contributed by atoms with Crippen molar-refractivity contribution in [1.82, 2.24) is 0 Å². The van der Waals surface area contributed by atoms with E-state index in [1.807, 2.05) is 0 Å². The van der Waals surface area contributed by atoms with Gasteiger partial charge in [-0.15, -0.1) is 0 Å². The second-order valence-corrected chi connectivity index (χ2v) is 3.47. The van der Waals surface area contributed by atoms with Crippen LogP contribution in [0.25, 0.3) is 0 Å². The Morgan fingerprint density at radius 3 is 1.27 bits per heavy atom. The fourth-order valence-corrected chi connectivity index (χ4v) is 1.54. The highest BCUT2D eigenvalue weighted by Crippen LogP contribution is 2.30. The molecule has 0 aromatic carbocycles. The molecule has 0 aliphatic heterocycles. The van der Waals surface area contributed by atoms with E-state index in [2.05, 4.69) is 4.99 Å². The first-order chi connectivity index (χ1) is 10.6. The zero-order valence-corrected chi connectivity index (χ0v) is 10.6. The van der Waals surface area contributed by atoms with E-state index < -0.39 is 11.3 Å². The number of nitriles is 7. The van der Waals surface area contributed by atoms with Crippen LogP contribution in [0.2, 0.25) is 0 Å². The molecule has 0 atom stereocenters. The molecule has 8 nitrogen and oxygen atoms in total. The van der Waals surface area contributed by atoms with E-state index in [9.17, 15) is 0 Å². The molecule has 0 fully saturated rings. The predicted octanol–water partition coefficient (Wildman–Crippen LogP) is 0.953. The number of aliphatic imine (C=N–C) groups is 1. The van der Waals surface area contributed by atoms with Gasteiger partial charge in [-0.05, 0) is 0 Å². The number of nitrogens with zero attached hydrogens (tertiary/aromatic N) is 8. The van der Waals surface area contributed by atoms with Gasteiger partial charge in [0.1, 0.15) is 48.2 Å². The van der Waals surface area contributed by atoms with E-state index in [-0.39, 0.29) is 28.0 Å². The molecule has 0 saturated carbocycles. The highest BCUT2D eigenvalue weighted by molar-refractivity contribution is 6.23. The maximum Gasteiger partial charge on any atom is 0.169 e. The molecule has 8 heteroatoms. The SMILES string of the molecule is N#CC(C#N)=C(C#N)N=C1C(C#N)=C(C#N)C(C#N)=C1C#N. The van der Waals surface area contributed by atoms with Crippen molar-refractivity contribution in [2.24, 2.45) is 4.99 Å². The van der Waals surface area contributed by atoms with Crippen molar-refractivity contribution >= 4 is 5.71 Å². The van der Waals surface area contributed by atoms with Crippen molar-refractivity contribution in [3.05, 3.63) is 33.6 Å². The number of allylic oxidation sites excluding steroid dienone is 6. The van der Waals surface area contributed by atoms with E-state index in [1.165, 1.54) is 18.2 Å². The van der Waals surface area contributed by atoms with Crippen LogP contribution in [-0.2, 0) is 0 Å². The molecule has 96 valence electrons. The third-order valence-corrected chi connectivity index (χ3v) is 2.46. The van der Waals surface area contributed by atoms with Crippen molar-refractivity contribution in [3.63, 3.8) is 0 Å². The Morgan fingerprint density at radius 2 is 1.00 bits per heavy atom. The van der Waals surface area contributed by atoms with E-state index in [0.717, 1.165) is 0 Å². The number of hydrogen-bond acceptors (Lipinski definition) is 8. The Kier molecular flexibility index (Phi) is 4.53. The van der Waals surface area contributed by atoms with Crippen LogP contribution in [0.4, 0.5) is 0 Å². The van der Waals surface area contributed by atoms with Crippen LogP contribution < -0.4 is 0 Å². The highest BCUT2D eigenvalue weighted by atomic mass is 14.8. The van der Waals surface area contributed by atoms with Gasteiger partial charge in [0.2, 0.25) is 0 Å². The van der Waals surface area contributed by atoms with Crippen molar-refractivity contribution < 1.29 is 0 Å². The van der Waals surface area contributed by atoms with Gasteiger partial charge in [-0.3, -0.25) is 0 Å². The summed E-state index contributed by atoms with van der Waals surface area (Å²) in [6, 6.07) is 10.9. The molecule has 1 rings (SSSR count). The molecular weight excluding hydrogens is 280 g/mol. The minimum atomic E-state index is -0.617. The maximum absolute atomic E-state index is 9.09. The lowest BCUT2D eigenvalue weighted by atomic mass is 10.1. The molecule has 0 bridgehead atoms. The summed E-state index contributed by atoms with van der Waals surface area (Å²) in [7, 11) is 0. The van der Waals surface area contributed by atoms with Crippen molar-refractivity contribution in [2.75, 3.05) is 0 Å². The average Bonchev–Trinajstić information content (AvgIpc) is 2.85. The zero-order valence-electron chi connectivity index (χ0n) is 10.6. The van der Waals surface area contributed by atoms with Gasteiger partial charge in [0.25, 0.3) is 0 Å². The van der Waals surface area contributed by atoms with Crippen molar-refractivity contribution in [1.29, 1.82) is 36.8 Å². The van der Waals surface area contributed by atoms with Crippen LogP contribution in [0, 0.1) is 79.3 Å². The Hall–Kier alpha value is -4.68. The van der Waals surface area contributed by atoms with Crippen LogP contribution in [0.1, 0.15) is 0 Å². The number of rotatable bonds is 1. The Bertz CT molecular complexity index is 916. The van der Waals surface area contributed by atoms with Crippen LogP contribution in [-0.4, -0.2) is 5.71 Å².